The summed E-state index contributed by atoms with van der Waals surface area (Å²) in [6.45, 7) is 7.76. The first-order valence-electron chi connectivity index (χ1n) is 9.53. The molecule has 0 amide bonds. The molecule has 5 heteroatoms. The van der Waals surface area contributed by atoms with Crippen LogP contribution in [0, 0.1) is 13.8 Å². The number of nitrogens with zero attached hydrogens (tertiary/aromatic N) is 3. The van der Waals surface area contributed by atoms with E-state index in [4.69, 9.17) is 9.73 Å². The largest absolute Gasteiger partial charge is 0.378 e. The molecule has 4 nitrogen and oxygen atoms in total. The van der Waals surface area contributed by atoms with Gasteiger partial charge in [-0.15, -0.1) is 0 Å². The van der Waals surface area contributed by atoms with Crippen LogP contribution in [0.25, 0.3) is 5.69 Å². The van der Waals surface area contributed by atoms with E-state index in [1.165, 1.54) is 17.1 Å². The molecule has 1 aliphatic heterocycles. The number of aliphatic imine (C=N–C) groups is 1. The van der Waals surface area contributed by atoms with Crippen LogP contribution in [0.4, 0.5) is 11.4 Å². The molecule has 0 spiro atoms. The summed E-state index contributed by atoms with van der Waals surface area (Å²) >= 11 is 3.50. The first kappa shape index (κ1) is 19.0. The minimum Gasteiger partial charge on any atom is -0.378 e. The lowest BCUT2D eigenvalue weighted by Gasteiger charge is -2.28. The van der Waals surface area contributed by atoms with Crippen molar-refractivity contribution in [3.63, 3.8) is 0 Å². The van der Waals surface area contributed by atoms with Gasteiger partial charge in [-0.25, -0.2) is 0 Å². The number of ether oxygens (including phenoxy) is 1. The molecule has 4 rings (SSSR count). The van der Waals surface area contributed by atoms with E-state index in [1.807, 2.05) is 6.21 Å². The number of anilines is 1. The van der Waals surface area contributed by atoms with Crippen LogP contribution < -0.4 is 4.90 Å². The predicted molar refractivity (Wildman–Crippen MR) is 120 cm³/mol. The first-order valence-corrected chi connectivity index (χ1v) is 10.3. The third kappa shape index (κ3) is 4.05. The maximum atomic E-state index is 5.42. The predicted octanol–water partition coefficient (Wildman–Crippen LogP) is 5.44. The lowest BCUT2D eigenvalue weighted by atomic mass is 10.2. The second-order valence-electron chi connectivity index (χ2n) is 7.01. The molecule has 0 saturated carbocycles. The Morgan fingerprint density at radius 3 is 2.25 bits per heavy atom. The fourth-order valence-electron chi connectivity index (χ4n) is 3.62. The van der Waals surface area contributed by atoms with E-state index >= 15 is 0 Å². The van der Waals surface area contributed by atoms with Crippen LogP contribution in [0.3, 0.4) is 0 Å². The van der Waals surface area contributed by atoms with Gasteiger partial charge < -0.3 is 14.2 Å². The highest BCUT2D eigenvalue weighted by Gasteiger charge is 2.11. The van der Waals surface area contributed by atoms with E-state index in [0.29, 0.717) is 0 Å². The van der Waals surface area contributed by atoms with E-state index < -0.39 is 0 Å². The summed E-state index contributed by atoms with van der Waals surface area (Å²) in [5.74, 6) is 0. The zero-order valence-electron chi connectivity index (χ0n) is 16.2. The maximum absolute atomic E-state index is 5.42. The molecule has 0 N–H and O–H groups in total. The van der Waals surface area contributed by atoms with E-state index in [2.05, 4.69) is 93.8 Å². The monoisotopic (exact) mass is 437 g/mol. The third-order valence-electron chi connectivity index (χ3n) is 5.13. The Morgan fingerprint density at radius 2 is 1.57 bits per heavy atom. The average Bonchev–Trinajstić information content (AvgIpc) is 3.01. The van der Waals surface area contributed by atoms with E-state index in [0.717, 1.165) is 47.7 Å². The Labute approximate surface area is 174 Å². The molecule has 2 aromatic carbocycles. The van der Waals surface area contributed by atoms with Crippen LogP contribution in [0.5, 0.6) is 0 Å². The van der Waals surface area contributed by atoms with Gasteiger partial charge in [0.1, 0.15) is 0 Å². The molecule has 28 heavy (non-hydrogen) atoms. The summed E-state index contributed by atoms with van der Waals surface area (Å²) in [4.78, 5) is 7.05. The Bertz CT molecular complexity index is 968. The standard InChI is InChI=1S/C23H24BrN3O/c1-17-15-19(18(2)27(17)23-7-3-20(24)4-8-23)16-25-21-5-9-22(10-6-21)26-11-13-28-14-12-26/h3-10,15-16H,11-14H2,1-2H3. The number of rotatable bonds is 4. The Hall–Kier alpha value is -2.37. The van der Waals surface area contributed by atoms with Crippen molar-refractivity contribution < 1.29 is 4.74 Å². The van der Waals surface area contributed by atoms with E-state index in [9.17, 15) is 0 Å². The lowest BCUT2D eigenvalue weighted by Crippen LogP contribution is -2.36. The lowest BCUT2D eigenvalue weighted by molar-refractivity contribution is 0.122. The number of morpholine rings is 1. The minimum absolute atomic E-state index is 0.799. The number of halogens is 1. The highest BCUT2D eigenvalue weighted by atomic mass is 79.9. The molecule has 1 aromatic heterocycles. The number of aryl methyl sites for hydroxylation is 1. The molecular weight excluding hydrogens is 414 g/mol. The van der Waals surface area contributed by atoms with Crippen molar-refractivity contribution in [2.24, 2.45) is 4.99 Å². The first-order chi connectivity index (χ1) is 13.6. The molecule has 0 unspecified atom stereocenters. The second-order valence-corrected chi connectivity index (χ2v) is 7.93. The topological polar surface area (TPSA) is 29.8 Å². The average molecular weight is 438 g/mol. The summed E-state index contributed by atoms with van der Waals surface area (Å²) < 4.78 is 8.77. The molecule has 0 aliphatic carbocycles. The van der Waals surface area contributed by atoms with Gasteiger partial charge in [-0.05, 0) is 68.4 Å². The highest BCUT2D eigenvalue weighted by molar-refractivity contribution is 9.10. The van der Waals surface area contributed by atoms with Crippen molar-refractivity contribution in [2.45, 2.75) is 13.8 Å². The van der Waals surface area contributed by atoms with Crippen LogP contribution in [0.2, 0.25) is 0 Å². The molecular formula is C23H24BrN3O. The van der Waals surface area contributed by atoms with Gasteiger partial charge in [-0.2, -0.15) is 0 Å². The van der Waals surface area contributed by atoms with Gasteiger partial charge in [0.05, 0.1) is 18.9 Å². The second kappa shape index (κ2) is 8.33. The van der Waals surface area contributed by atoms with Crippen LogP contribution in [0.1, 0.15) is 17.0 Å². The van der Waals surface area contributed by atoms with Gasteiger partial charge in [-0.1, -0.05) is 15.9 Å². The zero-order chi connectivity index (χ0) is 19.5. The molecule has 3 aromatic rings. The fraction of sp³-hybridized carbons (Fsp3) is 0.261. The van der Waals surface area contributed by atoms with Crippen LogP contribution >= 0.6 is 15.9 Å². The quantitative estimate of drug-likeness (QED) is 0.508. The molecule has 1 saturated heterocycles. The van der Waals surface area contributed by atoms with Crippen LogP contribution in [-0.2, 0) is 4.74 Å². The summed E-state index contributed by atoms with van der Waals surface area (Å²) in [5.41, 5.74) is 6.88. The van der Waals surface area contributed by atoms with E-state index in [1.54, 1.807) is 0 Å². The van der Waals surface area contributed by atoms with Crippen LogP contribution in [-0.4, -0.2) is 37.1 Å². The van der Waals surface area contributed by atoms with Crippen molar-refractivity contribution in [3.8, 4) is 5.69 Å². The summed E-state index contributed by atoms with van der Waals surface area (Å²) in [6.07, 6.45) is 1.96. The van der Waals surface area contributed by atoms with Crippen molar-refractivity contribution in [3.05, 3.63) is 76.0 Å². The SMILES string of the molecule is Cc1cc(C=Nc2ccc(N3CCOCC3)cc2)c(C)n1-c1ccc(Br)cc1. The summed E-state index contributed by atoms with van der Waals surface area (Å²) in [7, 11) is 0. The molecule has 0 radical (unpaired) electrons. The number of hydrogen-bond donors (Lipinski definition) is 0. The zero-order valence-corrected chi connectivity index (χ0v) is 17.8. The number of hydrogen-bond acceptors (Lipinski definition) is 3. The number of aromatic nitrogens is 1. The normalized spacial score (nSPS) is 14.8. The molecule has 1 fully saturated rings. The van der Waals surface area contributed by atoms with Gasteiger partial charge in [0, 0.05) is 52.1 Å². The maximum Gasteiger partial charge on any atom is 0.0642 e. The third-order valence-corrected chi connectivity index (χ3v) is 5.66. The smallest absolute Gasteiger partial charge is 0.0642 e. The molecule has 2 heterocycles. The molecule has 0 atom stereocenters. The Kier molecular flexibility index (Phi) is 5.64. The molecule has 1 aliphatic rings. The number of benzene rings is 2. The van der Waals surface area contributed by atoms with Crippen molar-refractivity contribution in [1.82, 2.24) is 4.57 Å². The molecule has 144 valence electrons. The minimum atomic E-state index is 0.799. The molecule has 0 bridgehead atoms. The Morgan fingerprint density at radius 1 is 0.929 bits per heavy atom. The van der Waals surface area contributed by atoms with E-state index in [-0.39, 0.29) is 0 Å². The van der Waals surface area contributed by atoms with Crippen molar-refractivity contribution in [1.29, 1.82) is 0 Å². The fourth-order valence-corrected chi connectivity index (χ4v) is 3.89. The summed E-state index contributed by atoms with van der Waals surface area (Å²) in [5, 5.41) is 0. The van der Waals surface area contributed by atoms with Gasteiger partial charge in [0.2, 0.25) is 0 Å². The van der Waals surface area contributed by atoms with Gasteiger partial charge in [0.25, 0.3) is 0 Å². The van der Waals surface area contributed by atoms with Crippen molar-refractivity contribution in [2.75, 3.05) is 31.2 Å². The van der Waals surface area contributed by atoms with Crippen LogP contribution in [0.15, 0.2) is 64.1 Å². The highest BCUT2D eigenvalue weighted by Crippen LogP contribution is 2.23. The van der Waals surface area contributed by atoms with Gasteiger partial charge in [0.15, 0.2) is 0 Å². The Balaban J connectivity index is 1.53. The van der Waals surface area contributed by atoms with Gasteiger partial charge >= 0.3 is 0 Å². The van der Waals surface area contributed by atoms with Crippen molar-refractivity contribution >= 4 is 33.5 Å². The van der Waals surface area contributed by atoms with Gasteiger partial charge in [-0.3, -0.25) is 4.99 Å². The summed E-state index contributed by atoms with van der Waals surface area (Å²) in [6, 6.07) is 19.0.